The zero-order chi connectivity index (χ0) is 12.1. The maximum absolute atomic E-state index is 12.9. The average molecular weight is 241 g/mol. The molecule has 0 heterocycles. The molecule has 1 N–H and O–H groups in total. The number of nitrogens with one attached hydrogen (secondary N) is 1. The first-order valence-electron chi connectivity index (χ1n) is 5.13. The van der Waals surface area contributed by atoms with Crippen LogP contribution in [0.15, 0.2) is 18.2 Å². The maximum Gasteiger partial charge on any atom is 0.141 e. The molecule has 0 saturated heterocycles. The standard InChI is InChI=1S/C12H14ClFN2/c1-8(2)9(6-15)7-16-10-3-4-12(14)11(13)5-10/h3-5,8-9,16H,7H2,1-2H3. The van der Waals surface area contributed by atoms with Crippen molar-refractivity contribution in [2.45, 2.75) is 13.8 Å². The fourth-order valence-electron chi connectivity index (χ4n) is 1.26. The van der Waals surface area contributed by atoms with Gasteiger partial charge < -0.3 is 5.32 Å². The van der Waals surface area contributed by atoms with Crippen molar-refractivity contribution in [2.75, 3.05) is 11.9 Å². The summed E-state index contributed by atoms with van der Waals surface area (Å²) >= 11 is 5.65. The minimum Gasteiger partial charge on any atom is -0.384 e. The van der Waals surface area contributed by atoms with E-state index in [2.05, 4.69) is 11.4 Å². The van der Waals surface area contributed by atoms with Gasteiger partial charge in [0.05, 0.1) is 17.0 Å². The highest BCUT2D eigenvalue weighted by Crippen LogP contribution is 2.20. The molecule has 0 aromatic heterocycles. The molecule has 1 rings (SSSR count). The monoisotopic (exact) mass is 240 g/mol. The number of hydrogen-bond acceptors (Lipinski definition) is 2. The second-order valence-electron chi connectivity index (χ2n) is 3.99. The number of nitrogens with zero attached hydrogens (tertiary/aromatic N) is 1. The summed E-state index contributed by atoms with van der Waals surface area (Å²) in [5, 5.41) is 12.1. The molecule has 86 valence electrons. The Hall–Kier alpha value is -1.27. The summed E-state index contributed by atoms with van der Waals surface area (Å²) in [4.78, 5) is 0. The van der Waals surface area contributed by atoms with Gasteiger partial charge in [-0.2, -0.15) is 5.26 Å². The van der Waals surface area contributed by atoms with Crippen LogP contribution in [0.25, 0.3) is 0 Å². The van der Waals surface area contributed by atoms with Crippen molar-refractivity contribution in [3.8, 4) is 6.07 Å². The molecule has 1 unspecified atom stereocenters. The molecule has 0 spiro atoms. The lowest BCUT2D eigenvalue weighted by Gasteiger charge is -2.14. The van der Waals surface area contributed by atoms with Gasteiger partial charge in [0.2, 0.25) is 0 Å². The van der Waals surface area contributed by atoms with Gasteiger partial charge in [-0.15, -0.1) is 0 Å². The van der Waals surface area contributed by atoms with Crippen LogP contribution >= 0.6 is 11.6 Å². The molecular formula is C12H14ClFN2. The van der Waals surface area contributed by atoms with Crippen molar-refractivity contribution in [1.82, 2.24) is 0 Å². The van der Waals surface area contributed by atoms with E-state index in [0.717, 1.165) is 5.69 Å². The fraction of sp³-hybridized carbons (Fsp3) is 0.417. The average Bonchev–Trinajstić information content (AvgIpc) is 2.23. The van der Waals surface area contributed by atoms with Crippen molar-refractivity contribution >= 4 is 17.3 Å². The van der Waals surface area contributed by atoms with E-state index in [1.54, 1.807) is 6.07 Å². The van der Waals surface area contributed by atoms with E-state index in [0.29, 0.717) is 6.54 Å². The van der Waals surface area contributed by atoms with Crippen molar-refractivity contribution in [3.63, 3.8) is 0 Å². The van der Waals surface area contributed by atoms with Crippen LogP contribution in [0.4, 0.5) is 10.1 Å². The normalized spacial score (nSPS) is 12.2. The van der Waals surface area contributed by atoms with Gasteiger partial charge in [0, 0.05) is 12.2 Å². The van der Waals surface area contributed by atoms with E-state index in [1.165, 1.54) is 12.1 Å². The summed E-state index contributed by atoms with van der Waals surface area (Å²) in [5.41, 5.74) is 0.729. The predicted octanol–water partition coefficient (Wildman–Crippen LogP) is 3.69. The molecule has 1 aromatic rings. The van der Waals surface area contributed by atoms with Crippen LogP contribution < -0.4 is 5.32 Å². The Morgan fingerprint density at radius 2 is 2.19 bits per heavy atom. The first-order chi connectivity index (χ1) is 7.54. The zero-order valence-corrected chi connectivity index (χ0v) is 10.1. The topological polar surface area (TPSA) is 35.8 Å². The Kier molecular flexibility index (Phi) is 4.57. The number of rotatable bonds is 4. The minimum absolute atomic E-state index is 0.0659. The molecular weight excluding hydrogens is 227 g/mol. The van der Waals surface area contributed by atoms with Crippen molar-refractivity contribution < 1.29 is 4.39 Å². The summed E-state index contributed by atoms with van der Waals surface area (Å²) in [7, 11) is 0. The van der Waals surface area contributed by atoms with Crippen LogP contribution in [0.5, 0.6) is 0 Å². The third-order valence-electron chi connectivity index (χ3n) is 2.42. The van der Waals surface area contributed by atoms with E-state index in [4.69, 9.17) is 16.9 Å². The fourth-order valence-corrected chi connectivity index (χ4v) is 1.44. The molecule has 0 aliphatic carbocycles. The molecule has 0 fully saturated rings. The smallest absolute Gasteiger partial charge is 0.141 e. The van der Waals surface area contributed by atoms with Crippen molar-refractivity contribution in [3.05, 3.63) is 29.0 Å². The molecule has 0 radical (unpaired) electrons. The van der Waals surface area contributed by atoms with E-state index in [-0.39, 0.29) is 16.9 Å². The Morgan fingerprint density at radius 1 is 1.50 bits per heavy atom. The summed E-state index contributed by atoms with van der Waals surface area (Å²) in [6.07, 6.45) is 0. The second kappa shape index (κ2) is 5.72. The van der Waals surface area contributed by atoms with Crippen LogP contribution in [-0.2, 0) is 0 Å². The predicted molar refractivity (Wildman–Crippen MR) is 63.8 cm³/mol. The van der Waals surface area contributed by atoms with Gasteiger partial charge in [-0.1, -0.05) is 25.4 Å². The highest BCUT2D eigenvalue weighted by Gasteiger charge is 2.11. The van der Waals surface area contributed by atoms with Gasteiger partial charge >= 0.3 is 0 Å². The maximum atomic E-state index is 12.9. The molecule has 0 aliphatic rings. The van der Waals surface area contributed by atoms with E-state index in [1.807, 2.05) is 13.8 Å². The van der Waals surface area contributed by atoms with Crippen LogP contribution in [0.3, 0.4) is 0 Å². The molecule has 0 bridgehead atoms. The summed E-state index contributed by atoms with van der Waals surface area (Å²) in [5.74, 6) is -0.217. The van der Waals surface area contributed by atoms with Gasteiger partial charge in [0.15, 0.2) is 0 Å². The minimum atomic E-state index is -0.437. The summed E-state index contributed by atoms with van der Waals surface area (Å²) in [6, 6.07) is 6.66. The first kappa shape index (κ1) is 12.8. The van der Waals surface area contributed by atoms with Crippen LogP contribution in [0, 0.1) is 29.0 Å². The van der Waals surface area contributed by atoms with Gasteiger partial charge in [-0.25, -0.2) is 4.39 Å². The highest BCUT2D eigenvalue weighted by atomic mass is 35.5. The molecule has 16 heavy (non-hydrogen) atoms. The number of anilines is 1. The Morgan fingerprint density at radius 3 is 2.69 bits per heavy atom. The number of benzene rings is 1. The van der Waals surface area contributed by atoms with Crippen LogP contribution in [0.2, 0.25) is 5.02 Å². The first-order valence-corrected chi connectivity index (χ1v) is 5.51. The lowest BCUT2D eigenvalue weighted by molar-refractivity contribution is 0.496. The Balaban J connectivity index is 2.61. The Bertz CT molecular complexity index is 398. The lowest BCUT2D eigenvalue weighted by atomic mass is 9.97. The molecule has 1 atom stereocenters. The molecule has 0 aliphatic heterocycles. The van der Waals surface area contributed by atoms with Gasteiger partial charge in [0.1, 0.15) is 5.82 Å². The van der Waals surface area contributed by atoms with Gasteiger partial charge in [-0.05, 0) is 24.1 Å². The molecule has 0 amide bonds. The SMILES string of the molecule is CC(C)C(C#N)CNc1ccc(F)c(Cl)c1. The number of hydrogen-bond donors (Lipinski definition) is 1. The summed E-state index contributed by atoms with van der Waals surface area (Å²) in [6.45, 7) is 4.52. The third kappa shape index (κ3) is 3.39. The highest BCUT2D eigenvalue weighted by molar-refractivity contribution is 6.31. The van der Waals surface area contributed by atoms with E-state index >= 15 is 0 Å². The van der Waals surface area contributed by atoms with Gasteiger partial charge in [0.25, 0.3) is 0 Å². The third-order valence-corrected chi connectivity index (χ3v) is 2.71. The van der Waals surface area contributed by atoms with E-state index < -0.39 is 5.82 Å². The number of nitriles is 1. The largest absolute Gasteiger partial charge is 0.384 e. The van der Waals surface area contributed by atoms with Crippen molar-refractivity contribution in [1.29, 1.82) is 5.26 Å². The summed E-state index contributed by atoms with van der Waals surface area (Å²) < 4.78 is 12.9. The lowest BCUT2D eigenvalue weighted by Crippen LogP contribution is -2.17. The van der Waals surface area contributed by atoms with Gasteiger partial charge in [-0.3, -0.25) is 0 Å². The molecule has 4 heteroatoms. The van der Waals surface area contributed by atoms with Crippen LogP contribution in [0.1, 0.15) is 13.8 Å². The molecule has 1 aromatic carbocycles. The zero-order valence-electron chi connectivity index (χ0n) is 9.30. The van der Waals surface area contributed by atoms with E-state index in [9.17, 15) is 4.39 Å². The number of halogens is 2. The molecule has 2 nitrogen and oxygen atoms in total. The quantitative estimate of drug-likeness (QED) is 0.871. The second-order valence-corrected chi connectivity index (χ2v) is 4.40. The Labute approximate surface area is 100 Å². The van der Waals surface area contributed by atoms with Crippen LogP contribution in [-0.4, -0.2) is 6.54 Å². The molecule has 0 saturated carbocycles. The van der Waals surface area contributed by atoms with Crippen molar-refractivity contribution in [2.24, 2.45) is 11.8 Å².